The van der Waals surface area contributed by atoms with Crippen LogP contribution in [0, 0.1) is 5.82 Å². The summed E-state index contributed by atoms with van der Waals surface area (Å²) in [6.45, 7) is 2.52. The Hall–Kier alpha value is -3.15. The van der Waals surface area contributed by atoms with Crippen LogP contribution in [0.25, 0.3) is 0 Å². The predicted octanol–water partition coefficient (Wildman–Crippen LogP) is 3.92. The molecule has 2 aromatic carbocycles. The lowest BCUT2D eigenvalue weighted by Gasteiger charge is -2.18. The molecule has 27 heavy (non-hydrogen) atoms. The summed E-state index contributed by atoms with van der Waals surface area (Å²) in [5.74, 6) is 0.0149. The number of carbonyl (C=O) groups excluding carboxylic acids is 1. The lowest BCUT2D eigenvalue weighted by atomic mass is 10.1. The molecule has 1 aliphatic rings. The molecule has 0 radical (unpaired) electrons. The first-order chi connectivity index (χ1) is 13.2. The normalized spacial score (nSPS) is 13.7. The van der Waals surface area contributed by atoms with Crippen LogP contribution in [0.3, 0.4) is 0 Å². The van der Waals surface area contributed by atoms with Gasteiger partial charge in [0.2, 0.25) is 0 Å². The summed E-state index contributed by atoms with van der Waals surface area (Å²) in [4.78, 5) is 14.9. The molecular formula is C21H21FN4O. The number of aromatic nitrogens is 2. The summed E-state index contributed by atoms with van der Waals surface area (Å²) in [7, 11) is 0. The average Bonchev–Trinajstić information content (AvgIpc) is 3.34. The number of carbonyl (C=O) groups is 1. The quantitative estimate of drug-likeness (QED) is 0.746. The second kappa shape index (κ2) is 7.61. The number of hydrogen-bond donors (Lipinski definition) is 1. The molecular weight excluding hydrogens is 343 g/mol. The highest BCUT2D eigenvalue weighted by Gasteiger charge is 2.15. The molecule has 2 heterocycles. The highest BCUT2D eigenvalue weighted by atomic mass is 19.1. The molecule has 0 atom stereocenters. The molecule has 1 N–H and O–H groups in total. The highest BCUT2D eigenvalue weighted by Crippen LogP contribution is 2.21. The molecule has 1 amide bonds. The molecule has 1 fully saturated rings. The van der Waals surface area contributed by atoms with Crippen LogP contribution in [-0.4, -0.2) is 28.8 Å². The van der Waals surface area contributed by atoms with E-state index in [0.717, 1.165) is 24.3 Å². The third-order valence-electron chi connectivity index (χ3n) is 4.70. The molecule has 0 spiro atoms. The maximum absolute atomic E-state index is 13.3. The molecule has 0 unspecified atom stereocenters. The Morgan fingerprint density at radius 1 is 1.07 bits per heavy atom. The predicted molar refractivity (Wildman–Crippen MR) is 104 cm³/mol. The Morgan fingerprint density at radius 2 is 1.89 bits per heavy atom. The van der Waals surface area contributed by atoms with Crippen molar-refractivity contribution in [2.24, 2.45) is 0 Å². The molecule has 1 saturated heterocycles. The van der Waals surface area contributed by atoms with Crippen molar-refractivity contribution in [3.8, 4) is 0 Å². The van der Waals surface area contributed by atoms with Crippen molar-refractivity contribution in [3.63, 3.8) is 0 Å². The van der Waals surface area contributed by atoms with Gasteiger partial charge in [0, 0.05) is 36.6 Å². The van der Waals surface area contributed by atoms with Crippen LogP contribution >= 0.6 is 0 Å². The third-order valence-corrected chi connectivity index (χ3v) is 4.70. The minimum atomic E-state index is -0.272. The smallest absolute Gasteiger partial charge is 0.256 e. The molecule has 138 valence electrons. The number of anilines is 2. The molecule has 0 aliphatic carbocycles. The zero-order chi connectivity index (χ0) is 18.6. The standard InChI is InChI=1S/C21H21FN4O/c22-18-7-3-5-16(13-18)15-26-12-9-20(24-26)23-21(27)17-6-4-8-19(14-17)25-10-1-2-11-25/h3-9,12-14H,1-2,10-11,15H2,(H,23,24,27). The van der Waals surface area contributed by atoms with Crippen molar-refractivity contribution in [3.05, 3.63) is 77.7 Å². The lowest BCUT2D eigenvalue weighted by molar-refractivity contribution is 0.102. The SMILES string of the molecule is O=C(Nc1ccn(Cc2cccc(F)c2)n1)c1cccc(N2CCCC2)c1. The summed E-state index contributed by atoms with van der Waals surface area (Å²) < 4.78 is 15.0. The second-order valence-electron chi connectivity index (χ2n) is 6.73. The van der Waals surface area contributed by atoms with Crippen molar-refractivity contribution >= 4 is 17.4 Å². The first kappa shape index (κ1) is 17.3. The Labute approximate surface area is 157 Å². The number of halogens is 1. The third kappa shape index (κ3) is 4.16. The van der Waals surface area contributed by atoms with Crippen molar-refractivity contribution in [2.45, 2.75) is 19.4 Å². The molecule has 3 aromatic rings. The van der Waals surface area contributed by atoms with Gasteiger partial charge >= 0.3 is 0 Å². The van der Waals surface area contributed by atoms with Crippen LogP contribution in [0.4, 0.5) is 15.9 Å². The molecule has 1 aromatic heterocycles. The minimum absolute atomic E-state index is 0.188. The molecule has 1 aliphatic heterocycles. The Morgan fingerprint density at radius 3 is 2.70 bits per heavy atom. The number of rotatable bonds is 5. The number of nitrogens with one attached hydrogen (secondary N) is 1. The van der Waals surface area contributed by atoms with Crippen LogP contribution in [0.1, 0.15) is 28.8 Å². The molecule has 0 bridgehead atoms. The van der Waals surface area contributed by atoms with Crippen LogP contribution in [-0.2, 0) is 6.54 Å². The van der Waals surface area contributed by atoms with E-state index in [1.54, 1.807) is 29.1 Å². The monoisotopic (exact) mass is 364 g/mol. The van der Waals surface area contributed by atoms with Crippen molar-refractivity contribution < 1.29 is 9.18 Å². The van der Waals surface area contributed by atoms with Gasteiger partial charge in [0.1, 0.15) is 5.82 Å². The van der Waals surface area contributed by atoms with E-state index < -0.39 is 0 Å². The van der Waals surface area contributed by atoms with Gasteiger partial charge in [-0.25, -0.2) is 4.39 Å². The van der Waals surface area contributed by atoms with Gasteiger partial charge in [0.05, 0.1) is 6.54 Å². The van der Waals surface area contributed by atoms with Crippen molar-refractivity contribution in [1.29, 1.82) is 0 Å². The first-order valence-corrected chi connectivity index (χ1v) is 9.12. The van der Waals surface area contributed by atoms with Gasteiger partial charge in [-0.3, -0.25) is 9.48 Å². The van der Waals surface area contributed by atoms with Gasteiger partial charge in [-0.05, 0) is 48.7 Å². The van der Waals surface area contributed by atoms with Gasteiger partial charge in [0.25, 0.3) is 5.91 Å². The van der Waals surface area contributed by atoms with E-state index in [4.69, 9.17) is 0 Å². The molecule has 0 saturated carbocycles. The van der Waals surface area contributed by atoms with Gasteiger partial charge in [0.15, 0.2) is 5.82 Å². The summed E-state index contributed by atoms with van der Waals surface area (Å²) >= 11 is 0. The lowest BCUT2D eigenvalue weighted by Crippen LogP contribution is -2.19. The van der Waals surface area contributed by atoms with Crippen molar-refractivity contribution in [2.75, 3.05) is 23.3 Å². The van der Waals surface area contributed by atoms with E-state index in [1.165, 1.54) is 25.0 Å². The summed E-state index contributed by atoms with van der Waals surface area (Å²) in [6.07, 6.45) is 4.15. The molecule has 4 rings (SSSR count). The van der Waals surface area contributed by atoms with E-state index >= 15 is 0 Å². The maximum Gasteiger partial charge on any atom is 0.256 e. The van der Waals surface area contributed by atoms with Crippen molar-refractivity contribution in [1.82, 2.24) is 9.78 Å². The number of amides is 1. The largest absolute Gasteiger partial charge is 0.372 e. The Kier molecular flexibility index (Phi) is 4.87. The zero-order valence-corrected chi connectivity index (χ0v) is 14.9. The van der Waals surface area contributed by atoms with Crippen LogP contribution < -0.4 is 10.2 Å². The highest BCUT2D eigenvalue weighted by molar-refractivity contribution is 6.04. The zero-order valence-electron chi connectivity index (χ0n) is 14.9. The van der Waals surface area contributed by atoms with Gasteiger partial charge in [-0.15, -0.1) is 0 Å². The topological polar surface area (TPSA) is 50.2 Å². The maximum atomic E-state index is 13.3. The van der Waals surface area contributed by atoms with Crippen LogP contribution in [0.5, 0.6) is 0 Å². The summed E-state index contributed by atoms with van der Waals surface area (Å²) in [6, 6.07) is 15.8. The fourth-order valence-corrected chi connectivity index (χ4v) is 3.35. The van der Waals surface area contributed by atoms with Gasteiger partial charge in [-0.2, -0.15) is 5.10 Å². The van der Waals surface area contributed by atoms with E-state index in [0.29, 0.717) is 17.9 Å². The molecule has 5 nitrogen and oxygen atoms in total. The van der Waals surface area contributed by atoms with E-state index in [-0.39, 0.29) is 11.7 Å². The summed E-state index contributed by atoms with van der Waals surface area (Å²) in [5.41, 5.74) is 2.50. The molecule has 6 heteroatoms. The van der Waals surface area contributed by atoms with E-state index in [1.807, 2.05) is 24.3 Å². The van der Waals surface area contributed by atoms with Gasteiger partial charge in [-0.1, -0.05) is 18.2 Å². The first-order valence-electron chi connectivity index (χ1n) is 9.12. The Bertz CT molecular complexity index is 947. The number of benzene rings is 2. The van der Waals surface area contributed by atoms with Gasteiger partial charge < -0.3 is 10.2 Å². The minimum Gasteiger partial charge on any atom is -0.372 e. The fourth-order valence-electron chi connectivity index (χ4n) is 3.35. The number of hydrogen-bond acceptors (Lipinski definition) is 3. The Balaban J connectivity index is 1.43. The van der Waals surface area contributed by atoms with Crippen LogP contribution in [0.15, 0.2) is 60.8 Å². The average molecular weight is 364 g/mol. The van der Waals surface area contributed by atoms with E-state index in [2.05, 4.69) is 15.3 Å². The fraction of sp³-hybridized carbons (Fsp3) is 0.238. The second-order valence-corrected chi connectivity index (χ2v) is 6.73. The summed E-state index contributed by atoms with van der Waals surface area (Å²) in [5, 5.41) is 7.18. The van der Waals surface area contributed by atoms with E-state index in [9.17, 15) is 9.18 Å². The number of nitrogens with zero attached hydrogens (tertiary/aromatic N) is 3. The van der Waals surface area contributed by atoms with Crippen LogP contribution in [0.2, 0.25) is 0 Å².